The average molecular weight is 337 g/mol. The number of rotatable bonds is 6. The third-order valence-corrected chi connectivity index (χ3v) is 3.64. The Morgan fingerprint density at radius 1 is 1.40 bits per heavy atom. The third kappa shape index (κ3) is 3.66. The summed E-state index contributed by atoms with van der Waals surface area (Å²) in [7, 11) is 0. The number of aryl methyl sites for hydroxylation is 1. The van der Waals surface area contributed by atoms with Gasteiger partial charge < -0.3 is 5.32 Å². The number of aromatic nitrogens is 3. The number of hydrogen-bond donors (Lipinski definition) is 1. The minimum atomic E-state index is -0.0989. The molecule has 0 saturated heterocycles. The molecule has 6 heteroatoms. The van der Waals surface area contributed by atoms with Crippen molar-refractivity contribution in [2.45, 2.75) is 26.3 Å². The molecule has 0 radical (unpaired) electrons. The van der Waals surface area contributed by atoms with E-state index in [2.05, 4.69) is 31.3 Å². The van der Waals surface area contributed by atoms with Gasteiger partial charge in [0.25, 0.3) is 5.56 Å². The number of nitrogens with zero attached hydrogens (tertiary/aromatic N) is 3. The highest BCUT2D eigenvalue weighted by Crippen LogP contribution is 2.16. The highest BCUT2D eigenvalue weighted by atomic mass is 79.9. The van der Waals surface area contributed by atoms with Crippen LogP contribution in [0.25, 0.3) is 0 Å². The molecule has 0 spiro atoms. The van der Waals surface area contributed by atoms with Crippen LogP contribution in [0.1, 0.15) is 18.9 Å². The van der Waals surface area contributed by atoms with Crippen LogP contribution in [0, 0.1) is 0 Å². The summed E-state index contributed by atoms with van der Waals surface area (Å²) in [6, 6.07) is 3.94. The van der Waals surface area contributed by atoms with Gasteiger partial charge in [-0.1, -0.05) is 13.0 Å². The smallest absolute Gasteiger partial charge is 0.283 e. The van der Waals surface area contributed by atoms with Crippen molar-refractivity contribution in [3.8, 4) is 0 Å². The number of pyridine rings is 1. The highest BCUT2D eigenvalue weighted by molar-refractivity contribution is 9.10. The van der Waals surface area contributed by atoms with Gasteiger partial charge in [-0.15, -0.1) is 0 Å². The standard InChI is InChI=1S/C14H17BrN4O/c1-2-8-19-14(20)13(15)12(10-18-19)17-7-5-11-4-3-6-16-9-11/h3-4,6,9-10,17H,2,5,7-8H2,1H3. The van der Waals surface area contributed by atoms with E-state index in [-0.39, 0.29) is 5.56 Å². The molecule has 0 aromatic carbocycles. The van der Waals surface area contributed by atoms with Crippen LogP contribution in [0.4, 0.5) is 5.69 Å². The van der Waals surface area contributed by atoms with E-state index in [0.717, 1.165) is 30.6 Å². The Hall–Kier alpha value is -1.69. The third-order valence-electron chi connectivity index (χ3n) is 2.87. The Kier molecular flexibility index (Phi) is 5.29. The van der Waals surface area contributed by atoms with Gasteiger partial charge in [-0.25, -0.2) is 4.68 Å². The molecule has 5 nitrogen and oxygen atoms in total. The van der Waals surface area contributed by atoms with E-state index >= 15 is 0 Å². The molecule has 2 aromatic heterocycles. The van der Waals surface area contributed by atoms with Crippen molar-refractivity contribution in [3.63, 3.8) is 0 Å². The Bertz CT molecular complexity index is 612. The Morgan fingerprint density at radius 3 is 2.95 bits per heavy atom. The van der Waals surface area contributed by atoms with Crippen LogP contribution in [0.5, 0.6) is 0 Å². The molecule has 20 heavy (non-hydrogen) atoms. The molecule has 0 atom stereocenters. The maximum Gasteiger partial charge on any atom is 0.283 e. The monoisotopic (exact) mass is 336 g/mol. The van der Waals surface area contributed by atoms with E-state index in [1.54, 1.807) is 12.4 Å². The van der Waals surface area contributed by atoms with Crippen LogP contribution in [0.15, 0.2) is 40.0 Å². The van der Waals surface area contributed by atoms with E-state index in [9.17, 15) is 4.79 Å². The fourth-order valence-corrected chi connectivity index (χ4v) is 2.29. The van der Waals surface area contributed by atoms with Crippen LogP contribution in [-0.2, 0) is 13.0 Å². The van der Waals surface area contributed by atoms with Crippen molar-refractivity contribution >= 4 is 21.6 Å². The molecule has 2 aromatic rings. The second-order valence-electron chi connectivity index (χ2n) is 4.44. The summed E-state index contributed by atoms with van der Waals surface area (Å²) in [5.74, 6) is 0. The van der Waals surface area contributed by atoms with Crippen LogP contribution < -0.4 is 10.9 Å². The molecule has 0 bridgehead atoms. The van der Waals surface area contributed by atoms with Crippen LogP contribution in [0.2, 0.25) is 0 Å². The average Bonchev–Trinajstić information content (AvgIpc) is 2.48. The highest BCUT2D eigenvalue weighted by Gasteiger charge is 2.07. The molecule has 0 amide bonds. The summed E-state index contributed by atoms with van der Waals surface area (Å²) in [5.41, 5.74) is 1.79. The first-order valence-corrected chi connectivity index (χ1v) is 7.40. The molecule has 0 aliphatic heterocycles. The van der Waals surface area contributed by atoms with Crippen molar-refractivity contribution in [3.05, 3.63) is 51.1 Å². The van der Waals surface area contributed by atoms with Crippen molar-refractivity contribution in [2.75, 3.05) is 11.9 Å². The fourth-order valence-electron chi connectivity index (χ4n) is 1.85. The zero-order valence-electron chi connectivity index (χ0n) is 11.3. The molecule has 0 aliphatic carbocycles. The number of nitrogens with one attached hydrogen (secondary N) is 1. The lowest BCUT2D eigenvalue weighted by Crippen LogP contribution is -2.24. The van der Waals surface area contributed by atoms with Gasteiger partial charge in [0.2, 0.25) is 0 Å². The lowest BCUT2D eigenvalue weighted by atomic mass is 10.2. The molecule has 2 rings (SSSR count). The largest absolute Gasteiger partial charge is 0.382 e. The first kappa shape index (κ1) is 14.7. The number of halogens is 1. The quantitative estimate of drug-likeness (QED) is 0.880. The zero-order valence-corrected chi connectivity index (χ0v) is 12.9. The Balaban J connectivity index is 2.00. The summed E-state index contributed by atoms with van der Waals surface area (Å²) in [6.07, 6.45) is 7.01. The molecule has 2 heterocycles. The van der Waals surface area contributed by atoms with Gasteiger partial charge >= 0.3 is 0 Å². The van der Waals surface area contributed by atoms with Crippen LogP contribution in [-0.4, -0.2) is 21.3 Å². The second kappa shape index (κ2) is 7.19. The zero-order chi connectivity index (χ0) is 14.4. The topological polar surface area (TPSA) is 59.8 Å². The van der Waals surface area contributed by atoms with Crippen molar-refractivity contribution in [2.24, 2.45) is 0 Å². The summed E-state index contributed by atoms with van der Waals surface area (Å²) in [5, 5.41) is 7.37. The molecule has 1 N–H and O–H groups in total. The molecule has 0 fully saturated rings. The van der Waals surface area contributed by atoms with Gasteiger partial charge in [-0.05, 0) is 40.4 Å². The minimum Gasteiger partial charge on any atom is -0.382 e. The molecular formula is C14H17BrN4O. The van der Waals surface area contributed by atoms with Gasteiger partial charge in [-0.3, -0.25) is 9.78 Å². The van der Waals surface area contributed by atoms with Gasteiger partial charge in [-0.2, -0.15) is 5.10 Å². The SMILES string of the molecule is CCCn1ncc(NCCc2cccnc2)c(Br)c1=O. The molecule has 106 valence electrons. The summed E-state index contributed by atoms with van der Waals surface area (Å²) in [6.45, 7) is 3.37. The van der Waals surface area contributed by atoms with Crippen molar-refractivity contribution in [1.82, 2.24) is 14.8 Å². The molecule has 0 aliphatic rings. The van der Waals surface area contributed by atoms with Gasteiger partial charge in [0.05, 0.1) is 11.9 Å². The second-order valence-corrected chi connectivity index (χ2v) is 5.23. The maximum absolute atomic E-state index is 12.0. The lowest BCUT2D eigenvalue weighted by molar-refractivity contribution is 0.566. The molecule has 0 saturated carbocycles. The minimum absolute atomic E-state index is 0.0989. The van der Waals surface area contributed by atoms with Gasteiger partial charge in [0.1, 0.15) is 4.47 Å². The summed E-state index contributed by atoms with van der Waals surface area (Å²) >= 11 is 3.34. The number of hydrogen-bond acceptors (Lipinski definition) is 4. The summed E-state index contributed by atoms with van der Waals surface area (Å²) < 4.78 is 2.00. The van der Waals surface area contributed by atoms with Crippen LogP contribution in [0.3, 0.4) is 0 Å². The predicted octanol–water partition coefficient (Wildman–Crippen LogP) is 2.47. The van der Waals surface area contributed by atoms with Crippen molar-refractivity contribution < 1.29 is 0 Å². The number of anilines is 1. The van der Waals surface area contributed by atoms with E-state index in [1.165, 1.54) is 4.68 Å². The van der Waals surface area contributed by atoms with Crippen molar-refractivity contribution in [1.29, 1.82) is 0 Å². The van der Waals surface area contributed by atoms with Gasteiger partial charge in [0, 0.05) is 25.5 Å². The molecular weight excluding hydrogens is 320 g/mol. The van der Waals surface area contributed by atoms with E-state index < -0.39 is 0 Å². The van der Waals surface area contributed by atoms with E-state index in [0.29, 0.717) is 11.0 Å². The molecule has 0 unspecified atom stereocenters. The first-order chi connectivity index (χ1) is 9.72. The summed E-state index contributed by atoms with van der Waals surface area (Å²) in [4.78, 5) is 16.1. The first-order valence-electron chi connectivity index (χ1n) is 6.60. The predicted molar refractivity (Wildman–Crippen MR) is 82.9 cm³/mol. The van der Waals surface area contributed by atoms with E-state index in [1.807, 2.05) is 25.3 Å². The van der Waals surface area contributed by atoms with Crippen LogP contribution >= 0.6 is 15.9 Å². The Morgan fingerprint density at radius 2 is 2.25 bits per heavy atom. The van der Waals surface area contributed by atoms with E-state index in [4.69, 9.17) is 0 Å². The van der Waals surface area contributed by atoms with Gasteiger partial charge in [0.15, 0.2) is 0 Å². The fraction of sp³-hybridized carbons (Fsp3) is 0.357. The lowest BCUT2D eigenvalue weighted by Gasteiger charge is -2.10. The Labute approximate surface area is 126 Å². The normalized spacial score (nSPS) is 10.5. The maximum atomic E-state index is 12.0.